The van der Waals surface area contributed by atoms with Crippen molar-refractivity contribution in [2.24, 2.45) is 0 Å². The summed E-state index contributed by atoms with van der Waals surface area (Å²) < 4.78 is 0. The Morgan fingerprint density at radius 2 is 2.07 bits per heavy atom. The molecule has 82 valence electrons. The van der Waals surface area contributed by atoms with Gasteiger partial charge in [-0.3, -0.25) is 0 Å². The summed E-state index contributed by atoms with van der Waals surface area (Å²) in [5.41, 5.74) is 6.30. The molecule has 1 saturated carbocycles. The highest BCUT2D eigenvalue weighted by Gasteiger charge is 2.19. The summed E-state index contributed by atoms with van der Waals surface area (Å²) >= 11 is 0. The topological polar surface area (TPSA) is 84.1 Å². The van der Waals surface area contributed by atoms with Gasteiger partial charge in [0.05, 0.1) is 18.0 Å². The molecule has 0 radical (unpaired) electrons. The first-order chi connectivity index (χ1) is 7.25. The van der Waals surface area contributed by atoms with Gasteiger partial charge in [-0.15, -0.1) is 0 Å². The highest BCUT2D eigenvalue weighted by atomic mass is 16.3. The molecule has 0 atom stereocenters. The number of nitrogens with two attached hydrogens (primary N) is 1. The van der Waals surface area contributed by atoms with Crippen LogP contribution in [-0.4, -0.2) is 27.2 Å². The maximum Gasteiger partial charge on any atom is 0.152 e. The van der Waals surface area contributed by atoms with Crippen molar-refractivity contribution < 1.29 is 5.11 Å². The van der Waals surface area contributed by atoms with Crippen LogP contribution in [0.3, 0.4) is 0 Å². The Morgan fingerprint density at radius 3 is 2.73 bits per heavy atom. The molecule has 1 fully saturated rings. The second-order valence-electron chi connectivity index (χ2n) is 3.98. The number of aromatic nitrogens is 2. The van der Waals surface area contributed by atoms with Crippen molar-refractivity contribution in [3.8, 4) is 0 Å². The number of nitrogen functional groups attached to an aromatic ring is 1. The molecule has 1 heterocycles. The number of aliphatic hydroxyl groups excluding tert-OH is 1. The first-order valence-corrected chi connectivity index (χ1v) is 5.26. The van der Waals surface area contributed by atoms with Gasteiger partial charge in [0.1, 0.15) is 6.33 Å². The molecular formula is C10H16N4O. The van der Waals surface area contributed by atoms with Crippen LogP contribution < -0.4 is 11.1 Å². The first kappa shape index (κ1) is 10.2. The van der Waals surface area contributed by atoms with E-state index in [1.165, 1.54) is 6.33 Å². The fourth-order valence-corrected chi connectivity index (χ4v) is 1.87. The number of nitrogens with one attached hydrogen (secondary N) is 1. The number of hydrogen-bond acceptors (Lipinski definition) is 5. The number of rotatable bonds is 2. The van der Waals surface area contributed by atoms with Gasteiger partial charge in [0.15, 0.2) is 5.82 Å². The van der Waals surface area contributed by atoms with Gasteiger partial charge in [-0.2, -0.15) is 0 Å². The third-order valence-corrected chi connectivity index (χ3v) is 2.78. The van der Waals surface area contributed by atoms with E-state index in [2.05, 4.69) is 15.3 Å². The standard InChI is InChI=1S/C10H16N4O/c11-9-5-12-6-13-10(9)14-7-1-3-8(15)4-2-7/h5-8,15H,1-4,11H2,(H,12,13,14). The van der Waals surface area contributed by atoms with Crippen molar-refractivity contribution in [3.05, 3.63) is 12.5 Å². The molecule has 1 aliphatic carbocycles. The average Bonchev–Trinajstić information content (AvgIpc) is 2.25. The summed E-state index contributed by atoms with van der Waals surface area (Å²) in [5, 5.41) is 12.7. The van der Waals surface area contributed by atoms with Crippen molar-refractivity contribution in [2.75, 3.05) is 11.1 Å². The SMILES string of the molecule is Nc1cncnc1NC1CCC(O)CC1. The molecule has 0 bridgehead atoms. The lowest BCUT2D eigenvalue weighted by atomic mass is 9.93. The molecule has 2 rings (SSSR count). The Morgan fingerprint density at radius 1 is 1.33 bits per heavy atom. The monoisotopic (exact) mass is 208 g/mol. The lowest BCUT2D eigenvalue weighted by Gasteiger charge is -2.26. The van der Waals surface area contributed by atoms with Crippen molar-refractivity contribution in [3.63, 3.8) is 0 Å². The third-order valence-electron chi connectivity index (χ3n) is 2.78. The minimum Gasteiger partial charge on any atom is -0.394 e. The van der Waals surface area contributed by atoms with Gasteiger partial charge in [-0.1, -0.05) is 0 Å². The van der Waals surface area contributed by atoms with E-state index >= 15 is 0 Å². The molecule has 1 aliphatic rings. The predicted octanol–water partition coefficient (Wildman–Crippen LogP) is 0.774. The summed E-state index contributed by atoms with van der Waals surface area (Å²) in [7, 11) is 0. The van der Waals surface area contributed by atoms with Gasteiger partial charge in [0, 0.05) is 6.04 Å². The molecule has 5 heteroatoms. The molecule has 0 spiro atoms. The zero-order valence-electron chi connectivity index (χ0n) is 8.56. The number of aliphatic hydroxyl groups is 1. The van der Waals surface area contributed by atoms with Crippen LogP contribution in [0.25, 0.3) is 0 Å². The molecule has 1 aromatic heterocycles. The Hall–Kier alpha value is -1.36. The van der Waals surface area contributed by atoms with Gasteiger partial charge < -0.3 is 16.2 Å². The quantitative estimate of drug-likeness (QED) is 0.668. The van der Waals surface area contributed by atoms with Crippen molar-refractivity contribution in [1.29, 1.82) is 0 Å². The zero-order chi connectivity index (χ0) is 10.7. The van der Waals surface area contributed by atoms with Crippen LogP contribution >= 0.6 is 0 Å². The fraction of sp³-hybridized carbons (Fsp3) is 0.600. The number of hydrogen-bond donors (Lipinski definition) is 3. The summed E-state index contributed by atoms with van der Waals surface area (Å²) in [6.07, 6.45) is 6.56. The highest BCUT2D eigenvalue weighted by molar-refractivity contribution is 5.59. The molecule has 0 amide bonds. The summed E-state index contributed by atoms with van der Waals surface area (Å²) in [5.74, 6) is 0.700. The van der Waals surface area contributed by atoms with Crippen LogP contribution in [0.15, 0.2) is 12.5 Å². The fourth-order valence-electron chi connectivity index (χ4n) is 1.87. The molecule has 5 nitrogen and oxygen atoms in total. The summed E-state index contributed by atoms with van der Waals surface area (Å²) in [6.45, 7) is 0. The van der Waals surface area contributed by atoms with Crippen LogP contribution in [0.2, 0.25) is 0 Å². The molecule has 15 heavy (non-hydrogen) atoms. The molecule has 0 saturated heterocycles. The van der Waals surface area contributed by atoms with Gasteiger partial charge in [-0.05, 0) is 25.7 Å². The molecule has 0 aliphatic heterocycles. The Bertz CT molecular complexity index is 323. The molecule has 1 aromatic rings. The zero-order valence-corrected chi connectivity index (χ0v) is 8.56. The Kier molecular flexibility index (Phi) is 3.01. The van der Waals surface area contributed by atoms with Gasteiger partial charge in [-0.25, -0.2) is 9.97 Å². The average molecular weight is 208 g/mol. The lowest BCUT2D eigenvalue weighted by molar-refractivity contribution is 0.126. The van der Waals surface area contributed by atoms with E-state index in [4.69, 9.17) is 5.73 Å². The van der Waals surface area contributed by atoms with Crippen LogP contribution in [0.4, 0.5) is 11.5 Å². The van der Waals surface area contributed by atoms with Gasteiger partial charge in [0.25, 0.3) is 0 Å². The van der Waals surface area contributed by atoms with Crippen molar-refractivity contribution >= 4 is 11.5 Å². The van der Waals surface area contributed by atoms with Crippen LogP contribution in [0.5, 0.6) is 0 Å². The number of nitrogens with zero attached hydrogens (tertiary/aromatic N) is 2. The van der Waals surface area contributed by atoms with Crippen LogP contribution in [-0.2, 0) is 0 Å². The highest BCUT2D eigenvalue weighted by Crippen LogP contribution is 2.23. The van der Waals surface area contributed by atoms with Crippen LogP contribution in [0, 0.1) is 0 Å². The molecule has 0 unspecified atom stereocenters. The molecule has 4 N–H and O–H groups in total. The minimum absolute atomic E-state index is 0.134. The van der Waals surface area contributed by atoms with E-state index in [9.17, 15) is 5.11 Å². The Labute approximate surface area is 88.7 Å². The molecule has 0 aromatic carbocycles. The normalized spacial score (nSPS) is 26.2. The predicted molar refractivity (Wildman–Crippen MR) is 58.3 cm³/mol. The van der Waals surface area contributed by atoms with Crippen molar-refractivity contribution in [1.82, 2.24) is 9.97 Å². The summed E-state index contributed by atoms with van der Waals surface area (Å²) in [4.78, 5) is 7.92. The summed E-state index contributed by atoms with van der Waals surface area (Å²) in [6, 6.07) is 0.366. The second kappa shape index (κ2) is 4.44. The minimum atomic E-state index is -0.134. The van der Waals surface area contributed by atoms with Gasteiger partial charge in [0.2, 0.25) is 0 Å². The third kappa shape index (κ3) is 2.56. The largest absolute Gasteiger partial charge is 0.394 e. The van der Waals surface area contributed by atoms with Gasteiger partial charge >= 0.3 is 0 Å². The van der Waals surface area contributed by atoms with E-state index < -0.39 is 0 Å². The van der Waals surface area contributed by atoms with Crippen molar-refractivity contribution in [2.45, 2.75) is 37.8 Å². The number of anilines is 2. The first-order valence-electron chi connectivity index (χ1n) is 5.26. The molecular weight excluding hydrogens is 192 g/mol. The Balaban J connectivity index is 1.95. The van der Waals surface area contributed by atoms with Crippen LogP contribution in [0.1, 0.15) is 25.7 Å². The van der Waals surface area contributed by atoms with E-state index in [-0.39, 0.29) is 6.10 Å². The van der Waals surface area contributed by atoms with E-state index in [1.807, 2.05) is 0 Å². The van der Waals surface area contributed by atoms with E-state index in [0.717, 1.165) is 25.7 Å². The van der Waals surface area contributed by atoms with E-state index in [0.29, 0.717) is 17.5 Å². The smallest absolute Gasteiger partial charge is 0.152 e. The van der Waals surface area contributed by atoms with E-state index in [1.54, 1.807) is 6.20 Å². The second-order valence-corrected chi connectivity index (χ2v) is 3.98. The maximum absolute atomic E-state index is 9.37. The lowest BCUT2D eigenvalue weighted by Crippen LogP contribution is -2.28. The maximum atomic E-state index is 9.37.